The standard InChI is InChI=1S/C22H25NO2/c1-3-9-18(10-4-1)16-24-21-15-23-14-8-7-13-20(23)22(21)25-17-19-11-5-2-6-12-19/h1-7,9-13,20-22H,8,14-17H2/t20-,21-,22-/m1/s1. The van der Waals surface area contributed by atoms with E-state index in [-0.39, 0.29) is 12.2 Å². The second kappa shape index (κ2) is 7.96. The van der Waals surface area contributed by atoms with Crippen molar-refractivity contribution in [2.24, 2.45) is 0 Å². The molecule has 130 valence electrons. The zero-order valence-electron chi connectivity index (χ0n) is 14.5. The van der Waals surface area contributed by atoms with Gasteiger partial charge in [0, 0.05) is 13.1 Å². The first-order valence-corrected chi connectivity index (χ1v) is 9.12. The van der Waals surface area contributed by atoms with Crippen LogP contribution in [0.3, 0.4) is 0 Å². The number of hydrogen-bond donors (Lipinski definition) is 0. The van der Waals surface area contributed by atoms with Gasteiger partial charge in [-0.05, 0) is 17.5 Å². The maximum absolute atomic E-state index is 6.34. The summed E-state index contributed by atoms with van der Waals surface area (Å²) in [4.78, 5) is 2.49. The van der Waals surface area contributed by atoms with E-state index in [1.165, 1.54) is 11.1 Å². The Morgan fingerprint density at radius 1 is 0.840 bits per heavy atom. The molecule has 2 aliphatic heterocycles. The minimum absolute atomic E-state index is 0.0838. The summed E-state index contributed by atoms with van der Waals surface area (Å²) in [5, 5.41) is 0. The maximum atomic E-state index is 6.34. The van der Waals surface area contributed by atoms with E-state index in [1.807, 2.05) is 12.1 Å². The summed E-state index contributed by atoms with van der Waals surface area (Å²) in [6.45, 7) is 3.31. The molecule has 2 aromatic carbocycles. The molecule has 2 aromatic rings. The largest absolute Gasteiger partial charge is 0.369 e. The van der Waals surface area contributed by atoms with Crippen LogP contribution in [0, 0.1) is 0 Å². The van der Waals surface area contributed by atoms with Crippen LogP contribution in [-0.2, 0) is 22.7 Å². The first kappa shape index (κ1) is 16.5. The molecule has 2 aliphatic rings. The molecule has 0 N–H and O–H groups in total. The lowest BCUT2D eigenvalue weighted by molar-refractivity contribution is -0.0661. The Morgan fingerprint density at radius 3 is 2.16 bits per heavy atom. The lowest BCUT2D eigenvalue weighted by Gasteiger charge is -2.28. The van der Waals surface area contributed by atoms with Gasteiger partial charge in [-0.15, -0.1) is 0 Å². The van der Waals surface area contributed by atoms with Crippen LogP contribution < -0.4 is 0 Å². The van der Waals surface area contributed by atoms with Gasteiger partial charge in [-0.2, -0.15) is 0 Å². The van der Waals surface area contributed by atoms with E-state index in [0.717, 1.165) is 19.5 Å². The topological polar surface area (TPSA) is 21.7 Å². The smallest absolute Gasteiger partial charge is 0.104 e. The molecule has 0 bridgehead atoms. The van der Waals surface area contributed by atoms with E-state index in [9.17, 15) is 0 Å². The molecule has 0 spiro atoms. The van der Waals surface area contributed by atoms with Crippen molar-refractivity contribution in [1.29, 1.82) is 0 Å². The highest BCUT2D eigenvalue weighted by Crippen LogP contribution is 2.29. The van der Waals surface area contributed by atoms with E-state index < -0.39 is 0 Å². The van der Waals surface area contributed by atoms with Crippen LogP contribution in [0.2, 0.25) is 0 Å². The van der Waals surface area contributed by atoms with Crippen LogP contribution in [0.5, 0.6) is 0 Å². The van der Waals surface area contributed by atoms with E-state index in [4.69, 9.17) is 9.47 Å². The first-order chi connectivity index (χ1) is 12.4. The molecule has 4 rings (SSSR count). The third-order valence-corrected chi connectivity index (χ3v) is 5.05. The third kappa shape index (κ3) is 4.01. The van der Waals surface area contributed by atoms with Crippen molar-refractivity contribution in [1.82, 2.24) is 4.90 Å². The van der Waals surface area contributed by atoms with Crippen molar-refractivity contribution in [2.45, 2.75) is 37.9 Å². The van der Waals surface area contributed by atoms with Crippen LogP contribution in [0.4, 0.5) is 0 Å². The van der Waals surface area contributed by atoms with Gasteiger partial charge < -0.3 is 9.47 Å². The highest BCUT2D eigenvalue weighted by atomic mass is 16.5. The summed E-state index contributed by atoms with van der Waals surface area (Å²) in [5.74, 6) is 0. The molecule has 25 heavy (non-hydrogen) atoms. The number of ether oxygens (including phenoxy) is 2. The number of benzene rings is 2. The Labute approximate surface area is 149 Å². The average Bonchev–Trinajstić information content (AvgIpc) is 3.04. The quantitative estimate of drug-likeness (QED) is 0.750. The predicted molar refractivity (Wildman–Crippen MR) is 99.2 cm³/mol. The van der Waals surface area contributed by atoms with Gasteiger partial charge >= 0.3 is 0 Å². The minimum atomic E-state index is 0.0838. The van der Waals surface area contributed by atoms with Crippen LogP contribution in [0.25, 0.3) is 0 Å². The van der Waals surface area contributed by atoms with Gasteiger partial charge in [0.1, 0.15) is 6.10 Å². The molecule has 1 saturated heterocycles. The van der Waals surface area contributed by atoms with Gasteiger partial charge in [0.15, 0.2) is 0 Å². The molecule has 0 unspecified atom stereocenters. The third-order valence-electron chi connectivity index (χ3n) is 5.05. The van der Waals surface area contributed by atoms with Crippen LogP contribution in [0.15, 0.2) is 72.8 Å². The highest BCUT2D eigenvalue weighted by molar-refractivity contribution is 5.16. The maximum Gasteiger partial charge on any atom is 0.104 e. The Bertz CT molecular complexity index is 686. The summed E-state index contributed by atoms with van der Waals surface area (Å²) in [6.07, 6.45) is 5.88. The number of nitrogens with zero attached hydrogens (tertiary/aromatic N) is 1. The van der Waals surface area contributed by atoms with Crippen molar-refractivity contribution >= 4 is 0 Å². The lowest BCUT2D eigenvalue weighted by atomic mass is 10.1. The Hall–Kier alpha value is -1.94. The van der Waals surface area contributed by atoms with E-state index >= 15 is 0 Å². The van der Waals surface area contributed by atoms with E-state index in [0.29, 0.717) is 19.3 Å². The molecule has 0 amide bonds. The van der Waals surface area contributed by atoms with Gasteiger partial charge in [-0.25, -0.2) is 0 Å². The number of hydrogen-bond acceptors (Lipinski definition) is 3. The molecule has 3 heteroatoms. The van der Waals surface area contributed by atoms with Crippen LogP contribution in [-0.4, -0.2) is 36.2 Å². The Balaban J connectivity index is 1.43. The Morgan fingerprint density at radius 2 is 1.48 bits per heavy atom. The normalized spacial score (nSPS) is 25.8. The molecular weight excluding hydrogens is 310 g/mol. The average molecular weight is 335 g/mol. The van der Waals surface area contributed by atoms with Crippen LogP contribution >= 0.6 is 0 Å². The van der Waals surface area contributed by atoms with Crippen molar-refractivity contribution < 1.29 is 9.47 Å². The van der Waals surface area contributed by atoms with Gasteiger partial charge in [-0.3, -0.25) is 4.90 Å². The SMILES string of the molecule is C1=C[C@@H]2[C@@H](OCc3ccccc3)[C@H](OCc3ccccc3)CN2CC1. The zero-order chi connectivity index (χ0) is 16.9. The second-order valence-electron chi connectivity index (χ2n) is 6.80. The monoisotopic (exact) mass is 335 g/mol. The highest BCUT2D eigenvalue weighted by Gasteiger charge is 2.42. The molecule has 2 heterocycles. The van der Waals surface area contributed by atoms with Gasteiger partial charge in [0.05, 0.1) is 25.4 Å². The first-order valence-electron chi connectivity index (χ1n) is 9.12. The van der Waals surface area contributed by atoms with Crippen molar-refractivity contribution in [3.63, 3.8) is 0 Å². The number of fused-ring (bicyclic) bond motifs is 1. The molecule has 0 radical (unpaired) electrons. The summed E-state index contributed by atoms with van der Waals surface area (Å²) in [6, 6.07) is 21.1. The molecule has 0 aliphatic carbocycles. The van der Waals surface area contributed by atoms with Gasteiger partial charge in [0.25, 0.3) is 0 Å². The fourth-order valence-electron chi connectivity index (χ4n) is 3.73. The van der Waals surface area contributed by atoms with Crippen molar-refractivity contribution in [3.05, 3.63) is 83.9 Å². The summed E-state index contributed by atoms with van der Waals surface area (Å²) in [5.41, 5.74) is 2.42. The van der Waals surface area contributed by atoms with Gasteiger partial charge in [-0.1, -0.05) is 72.8 Å². The van der Waals surface area contributed by atoms with E-state index in [2.05, 4.69) is 65.6 Å². The second-order valence-corrected chi connectivity index (χ2v) is 6.80. The minimum Gasteiger partial charge on any atom is -0.369 e. The van der Waals surface area contributed by atoms with Crippen LogP contribution in [0.1, 0.15) is 17.5 Å². The van der Waals surface area contributed by atoms with E-state index in [1.54, 1.807) is 0 Å². The van der Waals surface area contributed by atoms with Gasteiger partial charge in [0.2, 0.25) is 0 Å². The molecule has 1 fully saturated rings. The lowest BCUT2D eigenvalue weighted by Crippen LogP contribution is -2.38. The van der Waals surface area contributed by atoms with Crippen molar-refractivity contribution in [2.75, 3.05) is 13.1 Å². The fraction of sp³-hybridized carbons (Fsp3) is 0.364. The fourth-order valence-corrected chi connectivity index (χ4v) is 3.73. The summed E-state index contributed by atoms with van der Waals surface area (Å²) >= 11 is 0. The zero-order valence-corrected chi connectivity index (χ0v) is 14.5. The summed E-state index contributed by atoms with van der Waals surface area (Å²) in [7, 11) is 0. The predicted octanol–water partition coefficient (Wildman–Crippen LogP) is 3.80. The van der Waals surface area contributed by atoms with Crippen molar-refractivity contribution in [3.8, 4) is 0 Å². The molecule has 0 saturated carbocycles. The number of rotatable bonds is 6. The molecule has 0 aromatic heterocycles. The Kier molecular flexibility index (Phi) is 5.26. The summed E-state index contributed by atoms with van der Waals surface area (Å²) < 4.78 is 12.6. The molecular formula is C22H25NO2. The molecule has 3 atom stereocenters. The molecule has 3 nitrogen and oxygen atoms in total.